The molecule has 1 N–H and O–H groups in total. The maximum Gasteiger partial charge on any atom is 0.326 e. The van der Waals surface area contributed by atoms with Crippen LogP contribution in [0.2, 0.25) is 0 Å². The van der Waals surface area contributed by atoms with Crippen molar-refractivity contribution in [3.8, 4) is 0 Å². The van der Waals surface area contributed by atoms with Crippen molar-refractivity contribution in [1.29, 1.82) is 0 Å². The van der Waals surface area contributed by atoms with Gasteiger partial charge in [0.1, 0.15) is 11.7 Å². The Balaban J connectivity index is 2.31. The van der Waals surface area contributed by atoms with Crippen molar-refractivity contribution in [3.63, 3.8) is 0 Å². The van der Waals surface area contributed by atoms with Crippen LogP contribution in [0.4, 0.5) is 0 Å². The van der Waals surface area contributed by atoms with Crippen molar-refractivity contribution in [1.82, 2.24) is 9.47 Å². The molecule has 1 saturated carbocycles. The lowest BCUT2D eigenvalue weighted by Gasteiger charge is -2.26. The molecule has 0 radical (unpaired) electrons. The van der Waals surface area contributed by atoms with Crippen LogP contribution in [0.5, 0.6) is 0 Å². The van der Waals surface area contributed by atoms with Gasteiger partial charge in [0, 0.05) is 23.3 Å². The molecule has 0 bridgehead atoms. The van der Waals surface area contributed by atoms with Crippen LogP contribution < -0.4 is 0 Å². The summed E-state index contributed by atoms with van der Waals surface area (Å²) >= 11 is 3.35. The van der Waals surface area contributed by atoms with Crippen molar-refractivity contribution < 1.29 is 14.7 Å². The van der Waals surface area contributed by atoms with E-state index < -0.39 is 12.0 Å². The van der Waals surface area contributed by atoms with Crippen molar-refractivity contribution in [2.24, 2.45) is 0 Å². The molecule has 1 atom stereocenters. The Labute approximate surface area is 120 Å². The highest BCUT2D eigenvalue weighted by Gasteiger charge is 2.39. The third-order valence-electron chi connectivity index (χ3n) is 3.37. The molecule has 1 heterocycles. The summed E-state index contributed by atoms with van der Waals surface area (Å²) in [6.45, 7) is 4.19. The van der Waals surface area contributed by atoms with Gasteiger partial charge in [0.25, 0.3) is 5.91 Å². The van der Waals surface area contributed by atoms with Gasteiger partial charge in [0.15, 0.2) is 0 Å². The van der Waals surface area contributed by atoms with Gasteiger partial charge in [-0.15, -0.1) is 0 Å². The second kappa shape index (κ2) is 5.36. The Morgan fingerprint density at radius 3 is 2.68 bits per heavy atom. The first-order valence-corrected chi connectivity index (χ1v) is 7.16. The molecule has 0 aliphatic heterocycles. The van der Waals surface area contributed by atoms with E-state index in [0.717, 1.165) is 17.3 Å². The van der Waals surface area contributed by atoms with Crippen LogP contribution in [0, 0.1) is 0 Å². The Morgan fingerprint density at radius 1 is 1.58 bits per heavy atom. The average molecular weight is 329 g/mol. The maximum absolute atomic E-state index is 12.6. The zero-order valence-corrected chi connectivity index (χ0v) is 12.6. The summed E-state index contributed by atoms with van der Waals surface area (Å²) in [5, 5.41) is 9.15. The zero-order chi connectivity index (χ0) is 14.2. The van der Waals surface area contributed by atoms with Gasteiger partial charge in [-0.3, -0.25) is 4.79 Å². The van der Waals surface area contributed by atoms with Crippen LogP contribution in [-0.2, 0) is 11.3 Å². The molecule has 104 valence electrons. The minimum absolute atomic E-state index is 0.0672. The number of hydrogen-bond donors (Lipinski definition) is 1. The predicted molar refractivity (Wildman–Crippen MR) is 74.1 cm³/mol. The molecule has 5 nitrogen and oxygen atoms in total. The number of carbonyl (C=O) groups is 2. The lowest BCUT2D eigenvalue weighted by Crippen LogP contribution is -2.45. The van der Waals surface area contributed by atoms with Gasteiger partial charge >= 0.3 is 5.97 Å². The molecular formula is C13H17BrN2O3. The molecule has 1 aliphatic rings. The number of nitrogens with zero attached hydrogens (tertiary/aromatic N) is 2. The summed E-state index contributed by atoms with van der Waals surface area (Å²) in [5.41, 5.74) is 0.536. The number of carbonyl (C=O) groups excluding carboxylic acids is 1. The van der Waals surface area contributed by atoms with Crippen LogP contribution in [0.25, 0.3) is 0 Å². The molecule has 1 aliphatic carbocycles. The van der Waals surface area contributed by atoms with Crippen molar-refractivity contribution in [2.75, 3.05) is 0 Å². The second-order valence-electron chi connectivity index (χ2n) is 4.79. The van der Waals surface area contributed by atoms with E-state index in [1.165, 1.54) is 4.90 Å². The second-order valence-corrected chi connectivity index (χ2v) is 5.70. The number of amides is 1. The number of halogens is 1. The maximum atomic E-state index is 12.6. The molecule has 1 aromatic rings. The van der Waals surface area contributed by atoms with E-state index in [0.29, 0.717) is 12.2 Å². The molecule has 2 rings (SSSR count). The summed E-state index contributed by atoms with van der Waals surface area (Å²) in [6.07, 6.45) is 3.61. The minimum Gasteiger partial charge on any atom is -0.480 e. The molecule has 1 amide bonds. The zero-order valence-electron chi connectivity index (χ0n) is 11.0. The Kier molecular flexibility index (Phi) is 3.99. The molecule has 0 saturated heterocycles. The molecule has 6 heteroatoms. The largest absolute Gasteiger partial charge is 0.480 e. The minimum atomic E-state index is -0.964. The van der Waals surface area contributed by atoms with E-state index in [9.17, 15) is 9.59 Å². The van der Waals surface area contributed by atoms with E-state index in [2.05, 4.69) is 15.9 Å². The lowest BCUT2D eigenvalue weighted by molar-refractivity contribution is -0.141. The topological polar surface area (TPSA) is 62.5 Å². The lowest BCUT2D eigenvalue weighted by atomic mass is 10.2. The normalized spacial score (nSPS) is 16.2. The smallest absolute Gasteiger partial charge is 0.326 e. The van der Waals surface area contributed by atoms with Crippen LogP contribution in [0.15, 0.2) is 16.7 Å². The van der Waals surface area contributed by atoms with Gasteiger partial charge in [0.05, 0.1) is 0 Å². The molecule has 0 spiro atoms. The highest BCUT2D eigenvalue weighted by Crippen LogP contribution is 2.31. The van der Waals surface area contributed by atoms with Crippen LogP contribution >= 0.6 is 15.9 Å². The molecule has 1 fully saturated rings. The van der Waals surface area contributed by atoms with Crippen molar-refractivity contribution in [3.05, 3.63) is 22.4 Å². The fourth-order valence-corrected chi connectivity index (χ4v) is 2.64. The number of carboxylic acids is 1. The number of aryl methyl sites for hydroxylation is 1. The average Bonchev–Trinajstić information content (AvgIpc) is 3.11. The SMILES string of the molecule is CCn1cc(Br)cc1C(=O)N(C1CC1)C(C)C(=O)O. The van der Waals surface area contributed by atoms with Gasteiger partial charge in [-0.05, 0) is 48.7 Å². The summed E-state index contributed by atoms with van der Waals surface area (Å²) in [6, 6.07) is 1.02. The molecule has 1 aromatic heterocycles. The van der Waals surface area contributed by atoms with E-state index >= 15 is 0 Å². The molecular weight excluding hydrogens is 312 g/mol. The third-order valence-corrected chi connectivity index (χ3v) is 3.81. The van der Waals surface area contributed by atoms with Gasteiger partial charge in [-0.25, -0.2) is 4.79 Å². The van der Waals surface area contributed by atoms with Gasteiger partial charge in [-0.1, -0.05) is 0 Å². The van der Waals surface area contributed by atoms with Crippen LogP contribution in [0.1, 0.15) is 37.2 Å². The quantitative estimate of drug-likeness (QED) is 0.902. The predicted octanol–water partition coefficient (Wildman–Crippen LogP) is 2.35. The van der Waals surface area contributed by atoms with Crippen LogP contribution in [0.3, 0.4) is 0 Å². The molecule has 19 heavy (non-hydrogen) atoms. The molecule has 1 unspecified atom stereocenters. The standard InChI is InChI=1S/C13H17BrN2O3/c1-3-15-7-9(14)6-11(15)12(17)16(10-4-5-10)8(2)13(18)19/h6-8,10H,3-5H2,1-2H3,(H,18,19). The van der Waals surface area contributed by atoms with E-state index in [1.807, 2.05) is 17.7 Å². The number of carboxylic acid groups (broad SMARTS) is 1. The fraction of sp³-hybridized carbons (Fsp3) is 0.538. The van der Waals surface area contributed by atoms with E-state index in [-0.39, 0.29) is 11.9 Å². The van der Waals surface area contributed by atoms with E-state index in [1.54, 1.807) is 13.0 Å². The summed E-state index contributed by atoms with van der Waals surface area (Å²) in [4.78, 5) is 25.2. The van der Waals surface area contributed by atoms with Crippen molar-refractivity contribution >= 4 is 27.8 Å². The van der Waals surface area contributed by atoms with Gasteiger partial charge in [-0.2, -0.15) is 0 Å². The first-order chi connectivity index (χ1) is 8.95. The van der Waals surface area contributed by atoms with Crippen molar-refractivity contribution in [2.45, 2.75) is 45.3 Å². The fourth-order valence-electron chi connectivity index (χ4n) is 2.18. The first kappa shape index (κ1) is 14.1. The summed E-state index contributed by atoms with van der Waals surface area (Å²) in [5.74, 6) is -1.17. The number of rotatable bonds is 5. The summed E-state index contributed by atoms with van der Waals surface area (Å²) in [7, 11) is 0. The highest BCUT2D eigenvalue weighted by molar-refractivity contribution is 9.10. The Hall–Kier alpha value is -1.30. The number of aromatic nitrogens is 1. The van der Waals surface area contributed by atoms with Gasteiger partial charge < -0.3 is 14.6 Å². The number of hydrogen-bond acceptors (Lipinski definition) is 2. The monoisotopic (exact) mass is 328 g/mol. The molecule has 0 aromatic carbocycles. The Morgan fingerprint density at radius 2 is 2.21 bits per heavy atom. The first-order valence-electron chi connectivity index (χ1n) is 6.36. The third kappa shape index (κ3) is 2.83. The Bertz CT molecular complexity index is 508. The summed E-state index contributed by atoms with van der Waals surface area (Å²) < 4.78 is 2.66. The highest BCUT2D eigenvalue weighted by atomic mass is 79.9. The number of aliphatic carboxylic acids is 1. The van der Waals surface area contributed by atoms with E-state index in [4.69, 9.17) is 5.11 Å². The van der Waals surface area contributed by atoms with Gasteiger partial charge in [0.2, 0.25) is 0 Å². The van der Waals surface area contributed by atoms with Crippen LogP contribution in [-0.4, -0.2) is 38.5 Å².